The number of para-hydroxylation sites is 1. The van der Waals surface area contributed by atoms with Crippen molar-refractivity contribution in [2.75, 3.05) is 11.9 Å². The maximum absolute atomic E-state index is 12.7. The molecular weight excluding hydrogens is 326 g/mol. The zero-order chi connectivity index (χ0) is 15.8. The van der Waals surface area contributed by atoms with Gasteiger partial charge in [0, 0.05) is 18.0 Å². The standard InChI is InChI=1S/C17H17N3OS2/c1-11(18-17-19-13-4-2-3-5-15(13)23-17)16(21)20-8-6-14-12(10-20)7-9-22-14/h2-5,7,9,11H,6,8,10H2,1H3,(H,18,19). The Morgan fingerprint density at radius 2 is 2.22 bits per heavy atom. The maximum Gasteiger partial charge on any atom is 0.245 e. The molecule has 6 heteroatoms. The molecule has 1 aromatic carbocycles. The Morgan fingerprint density at radius 3 is 3.09 bits per heavy atom. The molecular formula is C17H17N3OS2. The minimum Gasteiger partial charge on any atom is -0.350 e. The Hall–Kier alpha value is -1.92. The Bertz CT molecular complexity index is 821. The molecule has 3 aromatic rings. The molecule has 4 nitrogen and oxygen atoms in total. The molecule has 4 rings (SSSR count). The molecule has 1 amide bonds. The second-order valence-electron chi connectivity index (χ2n) is 5.73. The molecule has 3 heterocycles. The minimum atomic E-state index is -0.268. The fourth-order valence-corrected chi connectivity index (χ4v) is 4.73. The summed E-state index contributed by atoms with van der Waals surface area (Å²) in [6, 6.07) is 9.89. The Morgan fingerprint density at radius 1 is 1.35 bits per heavy atom. The molecule has 1 unspecified atom stereocenters. The fourth-order valence-electron chi connectivity index (χ4n) is 2.89. The number of thiazole rings is 1. The number of carbonyl (C=O) groups excluding carboxylic acids is 1. The summed E-state index contributed by atoms with van der Waals surface area (Å²) in [5.41, 5.74) is 2.27. The second-order valence-corrected chi connectivity index (χ2v) is 7.76. The molecule has 1 N–H and O–H groups in total. The third-order valence-corrected chi connectivity index (χ3v) is 6.11. The van der Waals surface area contributed by atoms with Gasteiger partial charge in [0.2, 0.25) is 5.91 Å². The molecule has 2 aromatic heterocycles. The van der Waals surface area contributed by atoms with Crippen molar-refractivity contribution in [2.24, 2.45) is 0 Å². The first kappa shape index (κ1) is 14.7. The van der Waals surface area contributed by atoms with Gasteiger partial charge >= 0.3 is 0 Å². The van der Waals surface area contributed by atoms with E-state index in [1.165, 1.54) is 10.4 Å². The molecule has 1 aliphatic heterocycles. The highest BCUT2D eigenvalue weighted by molar-refractivity contribution is 7.22. The first-order valence-corrected chi connectivity index (χ1v) is 9.36. The van der Waals surface area contributed by atoms with Gasteiger partial charge in [-0.25, -0.2) is 4.98 Å². The van der Waals surface area contributed by atoms with Crippen molar-refractivity contribution in [3.8, 4) is 0 Å². The van der Waals surface area contributed by atoms with Crippen LogP contribution in [0.1, 0.15) is 17.4 Å². The first-order valence-electron chi connectivity index (χ1n) is 7.67. The number of hydrogen-bond acceptors (Lipinski definition) is 5. The van der Waals surface area contributed by atoms with Gasteiger partial charge in [-0.3, -0.25) is 4.79 Å². The Labute approximate surface area is 142 Å². The molecule has 0 bridgehead atoms. The van der Waals surface area contributed by atoms with E-state index in [4.69, 9.17) is 0 Å². The molecule has 0 saturated heterocycles. The van der Waals surface area contributed by atoms with Crippen molar-refractivity contribution >= 4 is 43.9 Å². The predicted octanol–water partition coefficient (Wildman–Crippen LogP) is 3.74. The van der Waals surface area contributed by atoms with Crippen LogP contribution in [0, 0.1) is 0 Å². The highest BCUT2D eigenvalue weighted by Crippen LogP contribution is 2.27. The molecule has 118 valence electrons. The average molecular weight is 343 g/mol. The van der Waals surface area contributed by atoms with Crippen molar-refractivity contribution in [1.29, 1.82) is 0 Å². The van der Waals surface area contributed by atoms with Gasteiger partial charge < -0.3 is 10.2 Å². The van der Waals surface area contributed by atoms with Gasteiger partial charge in [-0.05, 0) is 42.5 Å². The number of anilines is 1. The highest BCUT2D eigenvalue weighted by atomic mass is 32.1. The van der Waals surface area contributed by atoms with Crippen LogP contribution < -0.4 is 5.32 Å². The van der Waals surface area contributed by atoms with E-state index in [0.29, 0.717) is 0 Å². The number of nitrogens with zero attached hydrogens (tertiary/aromatic N) is 2. The van der Waals surface area contributed by atoms with Crippen molar-refractivity contribution in [2.45, 2.75) is 25.9 Å². The molecule has 0 aliphatic carbocycles. The van der Waals surface area contributed by atoms with Gasteiger partial charge in [0.15, 0.2) is 5.13 Å². The molecule has 1 atom stereocenters. The van der Waals surface area contributed by atoms with E-state index in [1.807, 2.05) is 36.1 Å². The first-order chi connectivity index (χ1) is 11.2. The van der Waals surface area contributed by atoms with Gasteiger partial charge in [0.1, 0.15) is 6.04 Å². The lowest BCUT2D eigenvalue weighted by Gasteiger charge is -2.29. The lowest BCUT2D eigenvalue weighted by molar-refractivity contribution is -0.132. The highest BCUT2D eigenvalue weighted by Gasteiger charge is 2.25. The third kappa shape index (κ3) is 2.84. The third-order valence-electron chi connectivity index (χ3n) is 4.12. The molecule has 1 aliphatic rings. The zero-order valence-electron chi connectivity index (χ0n) is 12.8. The summed E-state index contributed by atoms with van der Waals surface area (Å²) in [6.07, 6.45) is 0.965. The van der Waals surface area contributed by atoms with Crippen molar-refractivity contribution < 1.29 is 4.79 Å². The van der Waals surface area contributed by atoms with Crippen LogP contribution in [0.25, 0.3) is 10.2 Å². The summed E-state index contributed by atoms with van der Waals surface area (Å²) in [7, 11) is 0. The van der Waals surface area contributed by atoms with E-state index in [1.54, 1.807) is 22.7 Å². The summed E-state index contributed by atoms with van der Waals surface area (Å²) in [6.45, 7) is 3.44. The zero-order valence-corrected chi connectivity index (χ0v) is 14.4. The van der Waals surface area contributed by atoms with E-state index >= 15 is 0 Å². The van der Waals surface area contributed by atoms with E-state index in [-0.39, 0.29) is 11.9 Å². The van der Waals surface area contributed by atoms with Crippen LogP contribution in [0.4, 0.5) is 5.13 Å². The second kappa shape index (κ2) is 5.94. The SMILES string of the molecule is CC(Nc1nc2ccccc2s1)C(=O)N1CCc2sccc2C1. The van der Waals surface area contributed by atoms with E-state index in [9.17, 15) is 4.79 Å². The summed E-state index contributed by atoms with van der Waals surface area (Å²) < 4.78 is 1.13. The number of aromatic nitrogens is 1. The van der Waals surface area contributed by atoms with Gasteiger partial charge in [0.25, 0.3) is 0 Å². The van der Waals surface area contributed by atoms with Crippen LogP contribution >= 0.6 is 22.7 Å². The number of benzene rings is 1. The summed E-state index contributed by atoms with van der Waals surface area (Å²) in [4.78, 5) is 20.6. The van der Waals surface area contributed by atoms with Gasteiger partial charge in [-0.1, -0.05) is 23.5 Å². The molecule has 0 radical (unpaired) electrons. The lowest BCUT2D eigenvalue weighted by Crippen LogP contribution is -2.43. The van der Waals surface area contributed by atoms with Gasteiger partial charge in [-0.15, -0.1) is 11.3 Å². The number of fused-ring (bicyclic) bond motifs is 2. The van der Waals surface area contributed by atoms with Crippen LogP contribution in [0.2, 0.25) is 0 Å². The Kier molecular flexibility index (Phi) is 3.79. The predicted molar refractivity (Wildman–Crippen MR) is 96.1 cm³/mol. The lowest BCUT2D eigenvalue weighted by atomic mass is 10.1. The topological polar surface area (TPSA) is 45.2 Å². The van der Waals surface area contributed by atoms with Crippen LogP contribution in [0.5, 0.6) is 0 Å². The van der Waals surface area contributed by atoms with Crippen molar-refractivity contribution in [3.63, 3.8) is 0 Å². The fraction of sp³-hybridized carbons (Fsp3) is 0.294. The molecule has 0 spiro atoms. The normalized spacial score (nSPS) is 15.4. The van der Waals surface area contributed by atoms with E-state index < -0.39 is 0 Å². The quantitative estimate of drug-likeness (QED) is 0.788. The Balaban J connectivity index is 1.46. The van der Waals surface area contributed by atoms with Gasteiger partial charge in [0.05, 0.1) is 10.2 Å². The summed E-state index contributed by atoms with van der Waals surface area (Å²) in [5, 5.41) is 6.18. The van der Waals surface area contributed by atoms with Gasteiger partial charge in [-0.2, -0.15) is 0 Å². The molecule has 23 heavy (non-hydrogen) atoms. The average Bonchev–Trinajstić information content (AvgIpc) is 3.18. The largest absolute Gasteiger partial charge is 0.350 e. The van der Waals surface area contributed by atoms with Crippen LogP contribution in [0.3, 0.4) is 0 Å². The summed E-state index contributed by atoms with van der Waals surface area (Å²) in [5.74, 6) is 0.140. The number of amides is 1. The van der Waals surface area contributed by atoms with Crippen LogP contribution in [-0.2, 0) is 17.8 Å². The van der Waals surface area contributed by atoms with Crippen molar-refractivity contribution in [3.05, 3.63) is 46.2 Å². The van der Waals surface area contributed by atoms with Crippen LogP contribution in [-0.4, -0.2) is 28.4 Å². The minimum absolute atomic E-state index is 0.140. The number of nitrogens with one attached hydrogen (secondary N) is 1. The monoisotopic (exact) mass is 343 g/mol. The maximum atomic E-state index is 12.7. The molecule has 0 saturated carbocycles. The van der Waals surface area contributed by atoms with Crippen LogP contribution in [0.15, 0.2) is 35.7 Å². The smallest absolute Gasteiger partial charge is 0.245 e. The number of thiophene rings is 1. The van der Waals surface area contributed by atoms with E-state index in [2.05, 4.69) is 21.7 Å². The number of hydrogen-bond donors (Lipinski definition) is 1. The number of rotatable bonds is 3. The van der Waals surface area contributed by atoms with E-state index in [0.717, 1.165) is 34.9 Å². The number of carbonyl (C=O) groups is 1. The molecule has 0 fully saturated rings. The summed E-state index contributed by atoms with van der Waals surface area (Å²) >= 11 is 3.38. The van der Waals surface area contributed by atoms with Crippen molar-refractivity contribution in [1.82, 2.24) is 9.88 Å².